The lowest BCUT2D eigenvalue weighted by Gasteiger charge is -2.28. The van der Waals surface area contributed by atoms with Crippen LogP contribution in [0.5, 0.6) is 5.75 Å². The van der Waals surface area contributed by atoms with Gasteiger partial charge in [0.1, 0.15) is 5.75 Å². The number of carbonyl (C=O) groups excluding carboxylic acids is 1. The molecule has 1 fully saturated rings. The molecule has 2 rings (SSSR count). The average molecular weight is 337 g/mol. The molecule has 0 radical (unpaired) electrons. The topological polar surface area (TPSA) is 76.4 Å². The molecular formula is C17H27N3O2S. The third-order valence-corrected chi connectivity index (χ3v) is 4.76. The number of carbonyl (C=O) groups is 1. The quantitative estimate of drug-likeness (QED) is 0.668. The van der Waals surface area contributed by atoms with Crippen LogP contribution < -0.4 is 21.1 Å². The third-order valence-electron chi connectivity index (χ3n) is 4.18. The van der Waals surface area contributed by atoms with Crippen LogP contribution in [0.15, 0.2) is 24.3 Å². The predicted octanol–water partition coefficient (Wildman–Crippen LogP) is 3.07. The second-order valence-corrected chi connectivity index (χ2v) is 6.90. The normalized spacial score (nSPS) is 20.8. The van der Waals surface area contributed by atoms with Gasteiger partial charge in [0.05, 0.1) is 6.61 Å². The predicted molar refractivity (Wildman–Crippen MR) is 97.3 cm³/mol. The summed E-state index contributed by atoms with van der Waals surface area (Å²) in [5.74, 6) is 2.41. The number of ether oxygens (including phenoxy) is 1. The number of hydrogen-bond acceptors (Lipinski definition) is 4. The first-order valence-corrected chi connectivity index (χ1v) is 9.60. The summed E-state index contributed by atoms with van der Waals surface area (Å²) in [6, 6.07) is 7.59. The van der Waals surface area contributed by atoms with E-state index in [1.54, 1.807) is 11.8 Å². The maximum atomic E-state index is 12.0. The first-order valence-electron chi connectivity index (χ1n) is 8.20. The van der Waals surface area contributed by atoms with E-state index >= 15 is 0 Å². The van der Waals surface area contributed by atoms with Gasteiger partial charge < -0.3 is 21.1 Å². The Kier molecular flexibility index (Phi) is 7.55. The Hall–Kier alpha value is -1.40. The van der Waals surface area contributed by atoms with Crippen molar-refractivity contribution in [2.75, 3.05) is 30.5 Å². The fourth-order valence-electron chi connectivity index (χ4n) is 2.77. The minimum Gasteiger partial charge on any atom is -0.493 e. The van der Waals surface area contributed by atoms with E-state index in [2.05, 4.69) is 16.9 Å². The van der Waals surface area contributed by atoms with Crippen molar-refractivity contribution in [1.29, 1.82) is 0 Å². The van der Waals surface area contributed by atoms with Gasteiger partial charge in [0.2, 0.25) is 0 Å². The highest BCUT2D eigenvalue weighted by molar-refractivity contribution is 7.98. The zero-order valence-electron chi connectivity index (χ0n) is 13.7. The highest BCUT2D eigenvalue weighted by atomic mass is 32.2. The molecule has 0 aliphatic heterocycles. The number of benzene rings is 1. The van der Waals surface area contributed by atoms with E-state index < -0.39 is 0 Å². The van der Waals surface area contributed by atoms with Crippen molar-refractivity contribution >= 4 is 23.5 Å². The minimum atomic E-state index is -0.141. The van der Waals surface area contributed by atoms with E-state index in [1.807, 2.05) is 24.3 Å². The van der Waals surface area contributed by atoms with Gasteiger partial charge in [0.15, 0.2) is 0 Å². The molecule has 1 aliphatic carbocycles. The summed E-state index contributed by atoms with van der Waals surface area (Å²) in [7, 11) is 0. The van der Waals surface area contributed by atoms with E-state index in [0.717, 1.165) is 49.4 Å². The van der Waals surface area contributed by atoms with Crippen LogP contribution in [0.3, 0.4) is 0 Å². The minimum absolute atomic E-state index is 0.141. The monoisotopic (exact) mass is 337 g/mol. The summed E-state index contributed by atoms with van der Waals surface area (Å²) in [5.41, 5.74) is 6.46. The number of anilines is 1. The maximum absolute atomic E-state index is 12.0. The van der Waals surface area contributed by atoms with Crippen LogP contribution in [-0.2, 0) is 0 Å². The third kappa shape index (κ3) is 6.31. The van der Waals surface area contributed by atoms with Gasteiger partial charge in [-0.2, -0.15) is 11.8 Å². The number of amides is 2. The lowest BCUT2D eigenvalue weighted by molar-refractivity contribution is 0.238. The summed E-state index contributed by atoms with van der Waals surface area (Å²) < 4.78 is 5.59. The molecule has 1 aromatic rings. The van der Waals surface area contributed by atoms with Crippen molar-refractivity contribution in [3.63, 3.8) is 0 Å². The Morgan fingerprint density at radius 3 is 2.57 bits per heavy atom. The van der Waals surface area contributed by atoms with Gasteiger partial charge in [0.25, 0.3) is 0 Å². The Bertz CT molecular complexity index is 473. The van der Waals surface area contributed by atoms with E-state index in [1.165, 1.54) is 0 Å². The molecule has 1 aromatic carbocycles. The smallest absolute Gasteiger partial charge is 0.319 e. The summed E-state index contributed by atoms with van der Waals surface area (Å²) in [6.45, 7) is 1.45. The van der Waals surface area contributed by atoms with Crippen molar-refractivity contribution in [2.45, 2.75) is 31.7 Å². The van der Waals surface area contributed by atoms with Gasteiger partial charge in [-0.3, -0.25) is 0 Å². The number of thioether (sulfide) groups is 1. The molecule has 0 unspecified atom stereocenters. The van der Waals surface area contributed by atoms with Gasteiger partial charge in [-0.25, -0.2) is 4.79 Å². The number of hydrogen-bond donors (Lipinski definition) is 3. The maximum Gasteiger partial charge on any atom is 0.319 e. The lowest BCUT2D eigenvalue weighted by atomic mass is 9.86. The summed E-state index contributed by atoms with van der Waals surface area (Å²) in [4.78, 5) is 12.0. The van der Waals surface area contributed by atoms with Gasteiger partial charge in [-0.05, 0) is 68.7 Å². The fraction of sp³-hybridized carbons (Fsp3) is 0.588. The molecule has 23 heavy (non-hydrogen) atoms. The number of nitrogens with one attached hydrogen (secondary N) is 2. The Morgan fingerprint density at radius 1 is 1.26 bits per heavy atom. The molecule has 6 heteroatoms. The second kappa shape index (κ2) is 9.67. The van der Waals surface area contributed by atoms with E-state index in [0.29, 0.717) is 12.5 Å². The highest BCUT2D eigenvalue weighted by Crippen LogP contribution is 2.23. The highest BCUT2D eigenvalue weighted by Gasteiger charge is 2.21. The molecule has 1 saturated carbocycles. The SMILES string of the molecule is CSCCOc1ccc(NC(=O)N[C@H]2CC[C@@H](CN)CC2)cc1. The molecule has 2 amide bonds. The fourth-order valence-corrected chi connectivity index (χ4v) is 3.02. The van der Waals surface area contributed by atoms with Crippen molar-refractivity contribution in [3.05, 3.63) is 24.3 Å². The zero-order valence-corrected chi connectivity index (χ0v) is 14.5. The molecule has 0 saturated heterocycles. The molecule has 0 atom stereocenters. The average Bonchev–Trinajstić information content (AvgIpc) is 2.57. The van der Waals surface area contributed by atoms with Crippen molar-refractivity contribution in [2.24, 2.45) is 11.7 Å². The molecule has 1 aliphatic rings. The molecule has 0 aromatic heterocycles. The number of nitrogens with two attached hydrogens (primary N) is 1. The molecule has 0 bridgehead atoms. The summed E-state index contributed by atoms with van der Waals surface area (Å²) in [5, 5.41) is 5.92. The lowest BCUT2D eigenvalue weighted by Crippen LogP contribution is -2.40. The molecular weight excluding hydrogens is 310 g/mol. The van der Waals surface area contributed by atoms with Crippen LogP contribution in [0, 0.1) is 5.92 Å². The van der Waals surface area contributed by atoms with Gasteiger partial charge >= 0.3 is 6.03 Å². The molecule has 128 valence electrons. The van der Waals surface area contributed by atoms with Gasteiger partial charge in [0, 0.05) is 17.5 Å². The first-order chi connectivity index (χ1) is 11.2. The molecule has 5 nitrogen and oxygen atoms in total. The molecule has 0 heterocycles. The van der Waals surface area contributed by atoms with E-state index in [9.17, 15) is 4.79 Å². The number of rotatable bonds is 7. The Labute approximate surface area is 142 Å². The van der Waals surface area contributed by atoms with Crippen LogP contribution in [0.4, 0.5) is 10.5 Å². The summed E-state index contributed by atoms with van der Waals surface area (Å²) in [6.07, 6.45) is 6.28. The zero-order chi connectivity index (χ0) is 16.5. The van der Waals surface area contributed by atoms with Crippen LogP contribution in [0.1, 0.15) is 25.7 Å². The van der Waals surface area contributed by atoms with Crippen molar-refractivity contribution in [3.8, 4) is 5.75 Å². The second-order valence-electron chi connectivity index (χ2n) is 5.92. The number of urea groups is 1. The molecule has 0 spiro atoms. The first kappa shape index (κ1) is 17.9. The van der Waals surface area contributed by atoms with Gasteiger partial charge in [-0.1, -0.05) is 0 Å². The van der Waals surface area contributed by atoms with Crippen LogP contribution >= 0.6 is 11.8 Å². The van der Waals surface area contributed by atoms with Crippen molar-refractivity contribution < 1.29 is 9.53 Å². The Morgan fingerprint density at radius 2 is 1.96 bits per heavy atom. The van der Waals surface area contributed by atoms with Gasteiger partial charge in [-0.15, -0.1) is 0 Å². The van der Waals surface area contributed by atoms with Crippen molar-refractivity contribution in [1.82, 2.24) is 5.32 Å². The largest absolute Gasteiger partial charge is 0.493 e. The van der Waals surface area contributed by atoms with Crippen LogP contribution in [0.25, 0.3) is 0 Å². The molecule has 4 N–H and O–H groups in total. The Balaban J connectivity index is 1.72. The standard InChI is InChI=1S/C17H27N3O2S/c1-23-11-10-22-16-8-6-15(7-9-16)20-17(21)19-14-4-2-13(12-18)3-5-14/h6-9,13-14H,2-5,10-12,18H2,1H3,(H2,19,20,21)/t13-,14+. The van der Waals surface area contributed by atoms with Crippen LogP contribution in [-0.4, -0.2) is 37.2 Å². The summed E-state index contributed by atoms with van der Waals surface area (Å²) >= 11 is 1.75. The van der Waals surface area contributed by atoms with E-state index in [4.69, 9.17) is 10.5 Å². The van der Waals surface area contributed by atoms with E-state index in [-0.39, 0.29) is 12.1 Å². The van der Waals surface area contributed by atoms with Crippen LogP contribution in [0.2, 0.25) is 0 Å².